The summed E-state index contributed by atoms with van der Waals surface area (Å²) < 4.78 is 1.98. The molecule has 1 atom stereocenters. The van der Waals surface area contributed by atoms with Gasteiger partial charge in [0, 0.05) is 25.3 Å². The first kappa shape index (κ1) is 18.3. The van der Waals surface area contributed by atoms with Gasteiger partial charge in [0.1, 0.15) is 5.69 Å². The van der Waals surface area contributed by atoms with Gasteiger partial charge in [-0.25, -0.2) is 0 Å². The summed E-state index contributed by atoms with van der Waals surface area (Å²) in [6.45, 7) is 4.90. The molecular formula is C17H29ClN4O. The number of nitrogens with zero attached hydrogens (tertiary/aromatic N) is 3. The molecule has 0 bridgehead atoms. The van der Waals surface area contributed by atoms with Crippen molar-refractivity contribution in [2.75, 3.05) is 19.6 Å². The van der Waals surface area contributed by atoms with Crippen LogP contribution in [0.4, 0.5) is 0 Å². The van der Waals surface area contributed by atoms with E-state index in [1.165, 1.54) is 25.7 Å². The summed E-state index contributed by atoms with van der Waals surface area (Å²) in [5.41, 5.74) is 0.609. The molecule has 1 aromatic rings. The number of amides is 1. The lowest BCUT2D eigenvalue weighted by Gasteiger charge is -2.33. The molecule has 1 aromatic heterocycles. The van der Waals surface area contributed by atoms with Crippen LogP contribution in [-0.4, -0.2) is 46.3 Å². The van der Waals surface area contributed by atoms with E-state index in [0.717, 1.165) is 38.9 Å². The zero-order chi connectivity index (χ0) is 15.4. The average molecular weight is 341 g/mol. The van der Waals surface area contributed by atoms with Gasteiger partial charge in [-0.2, -0.15) is 5.10 Å². The van der Waals surface area contributed by atoms with E-state index < -0.39 is 0 Å². The molecule has 1 aliphatic heterocycles. The fourth-order valence-corrected chi connectivity index (χ4v) is 3.82. The predicted octanol–water partition coefficient (Wildman–Crippen LogP) is 3.02. The molecule has 1 aliphatic carbocycles. The lowest BCUT2D eigenvalue weighted by atomic mass is 9.94. The van der Waals surface area contributed by atoms with Crippen LogP contribution in [0.1, 0.15) is 68.4 Å². The lowest BCUT2D eigenvalue weighted by molar-refractivity contribution is 0.0640. The summed E-state index contributed by atoms with van der Waals surface area (Å²) >= 11 is 0. The minimum absolute atomic E-state index is 0. The summed E-state index contributed by atoms with van der Waals surface area (Å²) in [5, 5.41) is 7.98. The van der Waals surface area contributed by atoms with Crippen LogP contribution in [0, 0.1) is 0 Å². The molecule has 23 heavy (non-hydrogen) atoms. The molecule has 1 saturated carbocycles. The standard InChI is InChI=1S/C17H28N4O.ClH/c1-2-20(14-7-4-3-5-8-14)17(22)16-10-12-21(19-16)15-9-6-11-18-13-15;/h10,12,14-15,18H,2-9,11,13H2,1H3;1H. The number of rotatable bonds is 4. The quantitative estimate of drug-likeness (QED) is 0.916. The van der Waals surface area contributed by atoms with Crippen LogP contribution < -0.4 is 5.32 Å². The third kappa shape index (κ3) is 4.27. The fourth-order valence-electron chi connectivity index (χ4n) is 3.82. The topological polar surface area (TPSA) is 50.2 Å². The second-order valence-corrected chi connectivity index (χ2v) is 6.56. The van der Waals surface area contributed by atoms with E-state index in [1.807, 2.05) is 21.8 Å². The van der Waals surface area contributed by atoms with Gasteiger partial charge in [0.2, 0.25) is 0 Å². The van der Waals surface area contributed by atoms with Gasteiger partial charge in [-0.1, -0.05) is 19.3 Å². The van der Waals surface area contributed by atoms with Crippen molar-refractivity contribution in [2.24, 2.45) is 0 Å². The summed E-state index contributed by atoms with van der Waals surface area (Å²) in [6, 6.07) is 2.69. The second-order valence-electron chi connectivity index (χ2n) is 6.56. The Labute approximate surface area is 145 Å². The van der Waals surface area contributed by atoms with E-state index in [-0.39, 0.29) is 18.3 Å². The highest BCUT2D eigenvalue weighted by molar-refractivity contribution is 5.92. The Hall–Kier alpha value is -1.07. The third-order valence-electron chi connectivity index (χ3n) is 5.09. The number of nitrogens with one attached hydrogen (secondary N) is 1. The zero-order valence-electron chi connectivity index (χ0n) is 14.0. The highest BCUT2D eigenvalue weighted by Crippen LogP contribution is 2.24. The van der Waals surface area contributed by atoms with Crippen molar-refractivity contribution in [2.45, 2.75) is 64.0 Å². The fraction of sp³-hybridized carbons (Fsp3) is 0.765. The molecule has 1 amide bonds. The van der Waals surface area contributed by atoms with Crippen LogP contribution in [0.5, 0.6) is 0 Å². The highest BCUT2D eigenvalue weighted by atomic mass is 35.5. The van der Waals surface area contributed by atoms with Crippen molar-refractivity contribution in [1.29, 1.82) is 0 Å². The normalized spacial score (nSPS) is 22.4. The summed E-state index contributed by atoms with van der Waals surface area (Å²) in [6.07, 6.45) is 10.4. The van der Waals surface area contributed by atoms with Crippen LogP contribution in [0.15, 0.2) is 12.3 Å². The van der Waals surface area contributed by atoms with Gasteiger partial charge in [-0.15, -0.1) is 12.4 Å². The van der Waals surface area contributed by atoms with Gasteiger partial charge in [0.05, 0.1) is 6.04 Å². The van der Waals surface area contributed by atoms with Crippen molar-refractivity contribution in [3.8, 4) is 0 Å². The Bertz CT molecular complexity index is 493. The molecule has 0 radical (unpaired) electrons. The van der Waals surface area contributed by atoms with Crippen molar-refractivity contribution in [3.63, 3.8) is 0 Å². The van der Waals surface area contributed by atoms with Gasteiger partial charge in [-0.05, 0) is 45.2 Å². The molecule has 3 rings (SSSR count). The van der Waals surface area contributed by atoms with E-state index in [0.29, 0.717) is 17.8 Å². The first-order valence-electron chi connectivity index (χ1n) is 8.86. The maximum atomic E-state index is 12.8. The van der Waals surface area contributed by atoms with Crippen LogP contribution in [-0.2, 0) is 0 Å². The Balaban J connectivity index is 0.00000192. The van der Waals surface area contributed by atoms with E-state index in [4.69, 9.17) is 0 Å². The Morgan fingerprint density at radius 1 is 1.30 bits per heavy atom. The van der Waals surface area contributed by atoms with Crippen molar-refractivity contribution in [1.82, 2.24) is 20.0 Å². The number of carbonyl (C=O) groups is 1. The third-order valence-corrected chi connectivity index (χ3v) is 5.09. The molecule has 0 spiro atoms. The molecule has 2 heterocycles. The van der Waals surface area contributed by atoms with Crippen LogP contribution >= 0.6 is 12.4 Å². The van der Waals surface area contributed by atoms with E-state index in [2.05, 4.69) is 17.3 Å². The summed E-state index contributed by atoms with van der Waals surface area (Å²) in [4.78, 5) is 14.8. The van der Waals surface area contributed by atoms with E-state index in [9.17, 15) is 4.79 Å². The summed E-state index contributed by atoms with van der Waals surface area (Å²) in [7, 11) is 0. The number of halogens is 1. The molecule has 6 heteroatoms. The smallest absolute Gasteiger partial charge is 0.274 e. The maximum absolute atomic E-state index is 12.8. The van der Waals surface area contributed by atoms with Crippen LogP contribution in [0.25, 0.3) is 0 Å². The van der Waals surface area contributed by atoms with E-state index >= 15 is 0 Å². The van der Waals surface area contributed by atoms with Crippen molar-refractivity contribution >= 4 is 18.3 Å². The molecule has 5 nitrogen and oxygen atoms in total. The maximum Gasteiger partial charge on any atom is 0.274 e. The van der Waals surface area contributed by atoms with Gasteiger partial charge in [0.25, 0.3) is 5.91 Å². The molecule has 130 valence electrons. The number of carbonyl (C=O) groups excluding carboxylic acids is 1. The number of hydrogen-bond acceptors (Lipinski definition) is 3. The molecule has 1 N–H and O–H groups in total. The molecule has 1 unspecified atom stereocenters. The Morgan fingerprint density at radius 2 is 2.09 bits per heavy atom. The largest absolute Gasteiger partial charge is 0.335 e. The molecular weight excluding hydrogens is 312 g/mol. The first-order valence-corrected chi connectivity index (χ1v) is 8.86. The minimum atomic E-state index is 0. The van der Waals surface area contributed by atoms with Gasteiger partial charge in [0.15, 0.2) is 0 Å². The molecule has 2 fully saturated rings. The van der Waals surface area contributed by atoms with Gasteiger partial charge in [-0.3, -0.25) is 9.48 Å². The monoisotopic (exact) mass is 340 g/mol. The molecule has 2 aliphatic rings. The Morgan fingerprint density at radius 3 is 2.74 bits per heavy atom. The summed E-state index contributed by atoms with van der Waals surface area (Å²) in [5.74, 6) is 0.108. The number of piperidine rings is 1. The van der Waals surface area contributed by atoms with Crippen LogP contribution in [0.2, 0.25) is 0 Å². The van der Waals surface area contributed by atoms with Crippen molar-refractivity contribution in [3.05, 3.63) is 18.0 Å². The SMILES string of the molecule is CCN(C(=O)c1ccn(C2CCCNC2)n1)C1CCCCC1.Cl. The zero-order valence-corrected chi connectivity index (χ0v) is 14.9. The lowest BCUT2D eigenvalue weighted by Crippen LogP contribution is -2.41. The van der Waals surface area contributed by atoms with Gasteiger partial charge < -0.3 is 10.2 Å². The van der Waals surface area contributed by atoms with Gasteiger partial charge >= 0.3 is 0 Å². The molecule has 1 saturated heterocycles. The second kappa shape index (κ2) is 8.69. The first-order chi connectivity index (χ1) is 10.8. The Kier molecular flexibility index (Phi) is 6.90. The van der Waals surface area contributed by atoms with E-state index in [1.54, 1.807) is 0 Å². The minimum Gasteiger partial charge on any atom is -0.335 e. The van der Waals surface area contributed by atoms with Crippen molar-refractivity contribution < 1.29 is 4.79 Å². The number of hydrogen-bond donors (Lipinski definition) is 1. The predicted molar refractivity (Wildman–Crippen MR) is 94.2 cm³/mol. The highest BCUT2D eigenvalue weighted by Gasteiger charge is 2.27. The molecule has 0 aromatic carbocycles. The number of aromatic nitrogens is 2. The average Bonchev–Trinajstić information content (AvgIpc) is 3.07. The van der Waals surface area contributed by atoms with Crippen LogP contribution in [0.3, 0.4) is 0 Å².